The molecule has 213 valence electrons. The first kappa shape index (κ1) is 28.8. The van der Waals surface area contributed by atoms with Crippen molar-refractivity contribution in [2.75, 3.05) is 0 Å². The van der Waals surface area contributed by atoms with Crippen LogP contribution in [0.4, 0.5) is 0 Å². The maximum absolute atomic E-state index is 8.39. The molecular weight excluding hydrogens is 723 g/mol. The van der Waals surface area contributed by atoms with Crippen LogP contribution in [-0.2, 0) is 20.1 Å². The average molecular weight is 753 g/mol. The molecule has 0 aliphatic carbocycles. The molecule has 0 aliphatic heterocycles. The van der Waals surface area contributed by atoms with Gasteiger partial charge in [-0.2, -0.15) is 0 Å². The van der Waals surface area contributed by atoms with E-state index in [-0.39, 0.29) is 20.1 Å². The van der Waals surface area contributed by atoms with E-state index < -0.39 is 5.89 Å². The van der Waals surface area contributed by atoms with Crippen LogP contribution in [0.3, 0.4) is 0 Å². The van der Waals surface area contributed by atoms with Gasteiger partial charge in [0.05, 0.1) is 0 Å². The third kappa shape index (κ3) is 7.21. The van der Waals surface area contributed by atoms with E-state index in [0.717, 1.165) is 60.0 Å². The molecule has 5 heteroatoms. The van der Waals surface area contributed by atoms with Crippen LogP contribution >= 0.6 is 11.3 Å². The van der Waals surface area contributed by atoms with Gasteiger partial charge in [0.15, 0.2) is 0 Å². The maximum Gasteiger partial charge on any atom is 0.112 e. The molecule has 0 spiro atoms. The van der Waals surface area contributed by atoms with Gasteiger partial charge in [0.25, 0.3) is 0 Å². The third-order valence-corrected chi connectivity index (χ3v) is 7.81. The molecular formula is C38H29IrN3S-2. The summed E-state index contributed by atoms with van der Waals surface area (Å²) in [6.07, 6.45) is 3.57. The Hall–Kier alpha value is -4.28. The van der Waals surface area contributed by atoms with E-state index in [1.165, 1.54) is 0 Å². The van der Waals surface area contributed by atoms with Crippen molar-refractivity contribution in [1.82, 2.24) is 15.0 Å². The Morgan fingerprint density at radius 3 is 2.07 bits per heavy atom. The van der Waals surface area contributed by atoms with Crippen molar-refractivity contribution < 1.29 is 21.5 Å². The standard InChI is InChI=1S/C27H21N2S.C11H8N.Ir/c1-18(2)21-13-14-28-24(16-21)22-15-23(19-9-5-3-6-10-19)26-25(17-22)30-27(29-26)20-11-7-4-8-12-20;1-2-6-10(7-3-1)11-8-4-5-9-12-11;/h3-16,18H,1-2H3;1-6,8-9H;/q2*-1;/i18D;;. The van der Waals surface area contributed by atoms with Gasteiger partial charge >= 0.3 is 0 Å². The molecule has 43 heavy (non-hydrogen) atoms. The number of thiazole rings is 1. The summed E-state index contributed by atoms with van der Waals surface area (Å²) in [5.74, 6) is -0.685. The second kappa shape index (κ2) is 14.3. The summed E-state index contributed by atoms with van der Waals surface area (Å²) in [5, 5.41) is 0.982. The van der Waals surface area contributed by atoms with E-state index in [0.29, 0.717) is 0 Å². The predicted molar refractivity (Wildman–Crippen MR) is 175 cm³/mol. The van der Waals surface area contributed by atoms with E-state index in [1.54, 1.807) is 23.7 Å². The van der Waals surface area contributed by atoms with Gasteiger partial charge in [-0.1, -0.05) is 104 Å². The first-order chi connectivity index (χ1) is 21.0. The molecule has 7 rings (SSSR count). The second-order valence-corrected chi connectivity index (χ2v) is 10.9. The zero-order valence-corrected chi connectivity index (χ0v) is 27.0. The Morgan fingerprint density at radius 2 is 1.40 bits per heavy atom. The van der Waals surface area contributed by atoms with Crippen molar-refractivity contribution in [3.63, 3.8) is 0 Å². The zero-order chi connectivity index (χ0) is 29.6. The number of fused-ring (bicyclic) bond motifs is 1. The van der Waals surface area contributed by atoms with E-state index in [9.17, 15) is 0 Å². The van der Waals surface area contributed by atoms with Gasteiger partial charge in [-0.05, 0) is 39.7 Å². The summed E-state index contributed by atoms with van der Waals surface area (Å²) in [6, 6.07) is 47.0. The number of pyridine rings is 2. The monoisotopic (exact) mass is 753 g/mol. The van der Waals surface area contributed by atoms with Gasteiger partial charge in [0.2, 0.25) is 0 Å². The Kier molecular flexibility index (Phi) is 9.56. The van der Waals surface area contributed by atoms with E-state index in [2.05, 4.69) is 52.4 Å². The second-order valence-electron chi connectivity index (χ2n) is 9.95. The van der Waals surface area contributed by atoms with Gasteiger partial charge in [0, 0.05) is 44.9 Å². The van der Waals surface area contributed by atoms with Crippen molar-refractivity contribution in [3.05, 3.63) is 151 Å². The molecule has 0 fully saturated rings. The Balaban J connectivity index is 0.000000248. The number of hydrogen-bond acceptors (Lipinski definition) is 4. The van der Waals surface area contributed by atoms with Gasteiger partial charge in [-0.15, -0.1) is 64.9 Å². The number of nitrogens with zero attached hydrogens (tertiary/aromatic N) is 3. The van der Waals surface area contributed by atoms with Gasteiger partial charge in [0.1, 0.15) is 5.01 Å². The molecule has 0 bridgehead atoms. The van der Waals surface area contributed by atoms with Crippen LogP contribution in [0.2, 0.25) is 0 Å². The molecule has 7 aromatic rings. The smallest absolute Gasteiger partial charge is 0.112 e. The fraction of sp³-hybridized carbons (Fsp3) is 0.0789. The molecule has 0 saturated heterocycles. The van der Waals surface area contributed by atoms with Crippen LogP contribution in [0.5, 0.6) is 0 Å². The summed E-state index contributed by atoms with van der Waals surface area (Å²) < 4.78 is 9.40. The average Bonchev–Trinajstić information content (AvgIpc) is 3.51. The molecule has 0 saturated carbocycles. The van der Waals surface area contributed by atoms with Crippen molar-refractivity contribution in [1.29, 1.82) is 0 Å². The minimum atomic E-state index is -0.685. The number of hydrogen-bond donors (Lipinski definition) is 0. The predicted octanol–water partition coefficient (Wildman–Crippen LogP) is 10.2. The zero-order valence-electron chi connectivity index (χ0n) is 24.8. The Morgan fingerprint density at radius 1 is 0.698 bits per heavy atom. The summed E-state index contributed by atoms with van der Waals surface area (Å²) in [5.41, 5.74) is 8.93. The minimum Gasteiger partial charge on any atom is -0.305 e. The van der Waals surface area contributed by atoms with Crippen LogP contribution in [0, 0.1) is 12.1 Å². The number of aromatic nitrogens is 3. The molecule has 3 heterocycles. The quantitative estimate of drug-likeness (QED) is 0.164. The van der Waals surface area contributed by atoms with Crippen LogP contribution in [-0.4, -0.2) is 15.0 Å². The molecule has 0 aliphatic rings. The fourth-order valence-electron chi connectivity index (χ4n) is 4.60. The number of rotatable bonds is 5. The summed E-state index contributed by atoms with van der Waals surface area (Å²) >= 11 is 1.65. The summed E-state index contributed by atoms with van der Waals surface area (Å²) in [7, 11) is 0. The normalized spacial score (nSPS) is 11.2. The third-order valence-electron chi connectivity index (χ3n) is 6.79. The van der Waals surface area contributed by atoms with Crippen LogP contribution in [0.15, 0.2) is 134 Å². The molecule has 3 aromatic heterocycles. The van der Waals surface area contributed by atoms with Gasteiger partial charge in [-0.25, -0.2) is 0 Å². The van der Waals surface area contributed by atoms with E-state index >= 15 is 0 Å². The van der Waals surface area contributed by atoms with Crippen molar-refractivity contribution in [3.8, 4) is 44.2 Å². The molecule has 3 nitrogen and oxygen atoms in total. The molecule has 4 aromatic carbocycles. The molecule has 0 unspecified atom stereocenters. The van der Waals surface area contributed by atoms with Crippen molar-refractivity contribution in [2.45, 2.75) is 19.7 Å². The minimum absolute atomic E-state index is 0. The van der Waals surface area contributed by atoms with Crippen LogP contribution < -0.4 is 0 Å². The van der Waals surface area contributed by atoms with E-state index in [1.807, 2.05) is 105 Å². The first-order valence-electron chi connectivity index (χ1n) is 14.3. The van der Waals surface area contributed by atoms with Crippen LogP contribution in [0.25, 0.3) is 54.4 Å². The van der Waals surface area contributed by atoms with Gasteiger partial charge in [-0.3, -0.25) is 4.98 Å². The SMILES string of the molecule is [2H]C(C)(C)c1ccnc(-c2[c-]c3sc(-c4ccccc4)nc3c(-c3ccccc3)c2)c1.[Ir].[c-]1ccccc1-c1ccccn1. The topological polar surface area (TPSA) is 38.7 Å². The van der Waals surface area contributed by atoms with Crippen molar-refractivity contribution >= 4 is 21.6 Å². The maximum atomic E-state index is 8.39. The van der Waals surface area contributed by atoms with Crippen LogP contribution in [0.1, 0.15) is 26.7 Å². The van der Waals surface area contributed by atoms with Crippen molar-refractivity contribution in [2.24, 2.45) is 0 Å². The Bertz CT molecular complexity index is 1900. The summed E-state index contributed by atoms with van der Waals surface area (Å²) in [4.78, 5) is 13.8. The fourth-order valence-corrected chi connectivity index (χ4v) is 5.60. The van der Waals surface area contributed by atoms with Gasteiger partial charge < -0.3 is 9.97 Å². The largest absolute Gasteiger partial charge is 0.305 e. The Labute approximate surface area is 272 Å². The number of benzene rings is 4. The molecule has 0 amide bonds. The molecule has 1 radical (unpaired) electrons. The first-order valence-corrected chi connectivity index (χ1v) is 14.6. The molecule has 0 N–H and O–H groups in total. The van der Waals surface area contributed by atoms with E-state index in [4.69, 9.17) is 6.35 Å². The summed E-state index contributed by atoms with van der Waals surface area (Å²) in [6.45, 7) is 3.79. The molecule has 0 atom stereocenters.